The third kappa shape index (κ3) is 0.584. The highest BCUT2D eigenvalue weighted by molar-refractivity contribution is 6.45. The smallest absolute Gasteiger partial charge is 0.202 e. The summed E-state index contributed by atoms with van der Waals surface area (Å²) in [6, 6.07) is 0. The van der Waals surface area contributed by atoms with Gasteiger partial charge in [-0.25, -0.2) is 0 Å². The molecule has 2 heteroatoms. The van der Waals surface area contributed by atoms with Crippen LogP contribution in [0.25, 0.3) is 0 Å². The minimum atomic E-state index is -0.0469. The minimum absolute atomic E-state index is 0.0469. The maximum absolute atomic E-state index is 11.2. The van der Waals surface area contributed by atoms with Gasteiger partial charge in [-0.05, 0) is 37.5 Å². The van der Waals surface area contributed by atoms with E-state index in [0.29, 0.717) is 11.8 Å². The molecule has 0 amide bonds. The van der Waals surface area contributed by atoms with E-state index in [0.717, 1.165) is 0 Å². The van der Waals surface area contributed by atoms with Gasteiger partial charge < -0.3 is 0 Å². The predicted molar refractivity (Wildman–Crippen MR) is 42.4 cm³/mol. The lowest BCUT2D eigenvalue weighted by Gasteiger charge is -2.52. The number of carbonyl (C=O) groups excluding carboxylic acids is 2. The molecule has 4 saturated carbocycles. The van der Waals surface area contributed by atoms with Crippen molar-refractivity contribution in [3.8, 4) is 0 Å². The van der Waals surface area contributed by atoms with Gasteiger partial charge in [0.25, 0.3) is 0 Å². The van der Waals surface area contributed by atoms with Crippen LogP contribution in [0.2, 0.25) is 0 Å². The maximum Gasteiger partial charge on any atom is 0.202 e. The molecule has 2 atom stereocenters. The van der Waals surface area contributed by atoms with Crippen molar-refractivity contribution >= 4 is 11.6 Å². The Hall–Kier alpha value is -0.660. The first-order valence-electron chi connectivity index (χ1n) is 4.87. The summed E-state index contributed by atoms with van der Waals surface area (Å²) in [6.45, 7) is 0. The van der Waals surface area contributed by atoms with E-state index in [1.165, 1.54) is 25.7 Å². The normalized spacial score (nSPS) is 50.3. The molecule has 4 rings (SSSR count). The first kappa shape index (κ1) is 6.81. The van der Waals surface area contributed by atoms with E-state index in [1.54, 1.807) is 0 Å². The summed E-state index contributed by atoms with van der Waals surface area (Å²) in [7, 11) is 0. The van der Waals surface area contributed by atoms with E-state index < -0.39 is 0 Å². The van der Waals surface area contributed by atoms with Gasteiger partial charge in [0.1, 0.15) is 0 Å². The Kier molecular flexibility index (Phi) is 1.12. The largest absolute Gasteiger partial charge is 0.291 e. The Morgan fingerprint density at radius 2 is 1.08 bits per heavy atom. The molecule has 0 saturated heterocycles. The molecule has 12 heavy (non-hydrogen) atoms. The Balaban J connectivity index is 1.97. The number of ketones is 2. The minimum Gasteiger partial charge on any atom is -0.291 e. The third-order valence-corrected chi connectivity index (χ3v) is 4.07. The summed E-state index contributed by atoms with van der Waals surface area (Å²) in [6.07, 6.45) is 4.80. The molecule has 2 unspecified atom stereocenters. The van der Waals surface area contributed by atoms with E-state index >= 15 is 0 Å². The van der Waals surface area contributed by atoms with E-state index in [4.69, 9.17) is 0 Å². The lowest BCUT2D eigenvalue weighted by Crippen LogP contribution is -2.59. The molecular formula is C10H12O2. The fourth-order valence-corrected chi connectivity index (χ4v) is 3.44. The number of rotatable bonds is 0. The Labute approximate surface area is 71.3 Å². The van der Waals surface area contributed by atoms with Gasteiger partial charge in [-0.1, -0.05) is 0 Å². The number of carbonyl (C=O) groups is 2. The molecule has 2 bridgehead atoms. The first-order valence-corrected chi connectivity index (χ1v) is 4.87. The van der Waals surface area contributed by atoms with E-state index in [2.05, 4.69) is 0 Å². The quantitative estimate of drug-likeness (QED) is 0.504. The van der Waals surface area contributed by atoms with Crippen LogP contribution in [0.3, 0.4) is 0 Å². The molecule has 4 aliphatic rings. The van der Waals surface area contributed by atoms with E-state index in [1.807, 2.05) is 0 Å². The molecular weight excluding hydrogens is 152 g/mol. The summed E-state index contributed by atoms with van der Waals surface area (Å²) in [4.78, 5) is 22.5. The topological polar surface area (TPSA) is 34.1 Å². The highest BCUT2D eigenvalue weighted by atomic mass is 16.2. The van der Waals surface area contributed by atoms with Gasteiger partial charge in [-0.3, -0.25) is 9.59 Å². The Morgan fingerprint density at radius 3 is 1.42 bits per heavy atom. The monoisotopic (exact) mass is 164 g/mol. The van der Waals surface area contributed by atoms with Crippen LogP contribution in [0.1, 0.15) is 25.7 Å². The van der Waals surface area contributed by atoms with Crippen molar-refractivity contribution in [3.63, 3.8) is 0 Å². The molecule has 2 nitrogen and oxygen atoms in total. The van der Waals surface area contributed by atoms with Crippen LogP contribution >= 0.6 is 0 Å². The summed E-state index contributed by atoms with van der Waals surface area (Å²) < 4.78 is 0. The van der Waals surface area contributed by atoms with Gasteiger partial charge in [0, 0.05) is 11.8 Å². The van der Waals surface area contributed by atoms with Gasteiger partial charge in [-0.15, -0.1) is 0 Å². The van der Waals surface area contributed by atoms with Gasteiger partial charge >= 0.3 is 0 Å². The number of fused-ring (bicyclic) bond motifs is 2. The SMILES string of the molecule is O=C1C(=O)C2C3CCC(CC3)C12. The average molecular weight is 164 g/mol. The number of Topliss-reactive ketones (excluding diaryl/α,β-unsaturated/α-hetero) is 2. The van der Waals surface area contributed by atoms with Gasteiger partial charge in [0.05, 0.1) is 0 Å². The number of hydrogen-bond donors (Lipinski definition) is 0. The second kappa shape index (κ2) is 1.98. The molecule has 0 spiro atoms. The molecule has 4 fully saturated rings. The molecule has 0 aromatic carbocycles. The lowest BCUT2D eigenvalue weighted by atomic mass is 9.49. The van der Waals surface area contributed by atoms with Crippen LogP contribution in [0.5, 0.6) is 0 Å². The van der Waals surface area contributed by atoms with Crippen LogP contribution in [0, 0.1) is 23.7 Å². The summed E-state index contributed by atoms with van der Waals surface area (Å²) in [5, 5.41) is 0. The maximum atomic E-state index is 11.2. The van der Waals surface area contributed by atoms with E-state index in [-0.39, 0.29) is 23.4 Å². The molecule has 0 aromatic rings. The summed E-state index contributed by atoms with van der Waals surface area (Å²) in [5.74, 6) is 1.40. The van der Waals surface area contributed by atoms with Crippen molar-refractivity contribution in [3.05, 3.63) is 0 Å². The molecule has 64 valence electrons. The fourth-order valence-electron chi connectivity index (χ4n) is 3.44. The Morgan fingerprint density at radius 1 is 0.750 bits per heavy atom. The zero-order chi connectivity index (χ0) is 8.29. The standard InChI is InChI=1S/C10H12O2/c11-9-7-5-1-2-6(4-3-5)8(7)10(9)12/h5-8H,1-4H2. The average Bonchev–Trinajstić information content (AvgIpc) is 2.17. The fraction of sp³-hybridized carbons (Fsp3) is 0.800. The molecule has 0 radical (unpaired) electrons. The molecule has 0 aromatic heterocycles. The van der Waals surface area contributed by atoms with Gasteiger partial charge in [0.2, 0.25) is 11.6 Å². The van der Waals surface area contributed by atoms with Crippen molar-refractivity contribution < 1.29 is 9.59 Å². The van der Waals surface area contributed by atoms with Crippen molar-refractivity contribution in [1.29, 1.82) is 0 Å². The van der Waals surface area contributed by atoms with Crippen molar-refractivity contribution in [1.82, 2.24) is 0 Å². The van der Waals surface area contributed by atoms with Gasteiger partial charge in [0.15, 0.2) is 0 Å². The Bertz CT molecular complexity index is 233. The van der Waals surface area contributed by atoms with Crippen LogP contribution in [0.15, 0.2) is 0 Å². The van der Waals surface area contributed by atoms with Gasteiger partial charge in [-0.2, -0.15) is 0 Å². The zero-order valence-electron chi connectivity index (χ0n) is 6.95. The number of hydrogen-bond acceptors (Lipinski definition) is 2. The summed E-state index contributed by atoms with van der Waals surface area (Å²) >= 11 is 0. The lowest BCUT2D eigenvalue weighted by molar-refractivity contribution is -0.165. The molecule has 4 aliphatic carbocycles. The van der Waals surface area contributed by atoms with E-state index in [9.17, 15) is 9.59 Å². The van der Waals surface area contributed by atoms with Crippen LogP contribution in [-0.2, 0) is 9.59 Å². The van der Waals surface area contributed by atoms with Crippen LogP contribution in [0.4, 0.5) is 0 Å². The molecule has 0 aliphatic heterocycles. The third-order valence-electron chi connectivity index (χ3n) is 4.07. The first-order chi connectivity index (χ1) is 5.79. The van der Waals surface area contributed by atoms with Crippen LogP contribution < -0.4 is 0 Å². The van der Waals surface area contributed by atoms with Crippen LogP contribution in [-0.4, -0.2) is 11.6 Å². The van der Waals surface area contributed by atoms with Crippen molar-refractivity contribution in [2.24, 2.45) is 23.7 Å². The highest BCUT2D eigenvalue weighted by Crippen LogP contribution is 2.54. The molecule has 0 heterocycles. The highest BCUT2D eigenvalue weighted by Gasteiger charge is 2.59. The second-order valence-electron chi connectivity index (χ2n) is 4.45. The van der Waals surface area contributed by atoms with Crippen molar-refractivity contribution in [2.75, 3.05) is 0 Å². The predicted octanol–water partition coefficient (Wildman–Crippen LogP) is 1.19. The zero-order valence-corrected chi connectivity index (χ0v) is 6.95. The second-order valence-corrected chi connectivity index (χ2v) is 4.45. The summed E-state index contributed by atoms with van der Waals surface area (Å²) in [5.41, 5.74) is 0. The van der Waals surface area contributed by atoms with Crippen molar-refractivity contribution in [2.45, 2.75) is 25.7 Å². The molecule has 0 N–H and O–H groups in total.